The Morgan fingerprint density at radius 3 is 2.45 bits per heavy atom. The van der Waals surface area contributed by atoms with Crippen molar-refractivity contribution >= 4 is 44.6 Å². The average Bonchev–Trinajstić information content (AvgIpc) is 2.83. The number of benzene rings is 3. The summed E-state index contributed by atoms with van der Waals surface area (Å²) < 4.78 is 26.9. The fourth-order valence-electron chi connectivity index (χ4n) is 3.64. The Morgan fingerprint density at radius 1 is 1.00 bits per heavy atom. The normalized spacial score (nSPS) is 17.5. The van der Waals surface area contributed by atoms with Gasteiger partial charge in [0.1, 0.15) is 6.54 Å². The van der Waals surface area contributed by atoms with Gasteiger partial charge in [0.05, 0.1) is 15.8 Å². The summed E-state index contributed by atoms with van der Waals surface area (Å²) in [6.45, 7) is -0.320. The number of nitrogens with one attached hydrogen (secondary N) is 1. The molecular weight excluding hydrogens is 436 g/mol. The molecular formula is C23H19ClN2O4S. The second kappa shape index (κ2) is 8.53. The minimum absolute atomic E-state index is 0.0326. The van der Waals surface area contributed by atoms with Gasteiger partial charge in [-0.3, -0.25) is 9.59 Å². The molecule has 0 aromatic heterocycles. The number of rotatable bonds is 4. The molecule has 4 rings (SSSR count). The van der Waals surface area contributed by atoms with Crippen molar-refractivity contribution in [3.63, 3.8) is 0 Å². The zero-order valence-corrected chi connectivity index (χ0v) is 17.9. The molecule has 2 amide bonds. The smallest absolute Gasteiger partial charge is 0.244 e. The topological polar surface area (TPSA) is 83.6 Å². The SMILES string of the molecule is O=C(CN1C(=O)CC(c2ccccc2)S(=O)(=O)c2ccccc21)Nc1cccc(Cl)c1. The lowest BCUT2D eigenvalue weighted by Crippen LogP contribution is -2.38. The van der Waals surface area contributed by atoms with Gasteiger partial charge in [-0.1, -0.05) is 60.1 Å². The molecule has 31 heavy (non-hydrogen) atoms. The predicted octanol–water partition coefficient (Wildman–Crippen LogP) is 4.23. The molecule has 1 atom stereocenters. The third-order valence-electron chi connectivity index (χ3n) is 5.08. The van der Waals surface area contributed by atoms with Gasteiger partial charge < -0.3 is 10.2 Å². The van der Waals surface area contributed by atoms with Crippen LogP contribution in [0.2, 0.25) is 5.02 Å². The molecule has 8 heteroatoms. The van der Waals surface area contributed by atoms with E-state index in [4.69, 9.17) is 11.6 Å². The van der Waals surface area contributed by atoms with Gasteiger partial charge >= 0.3 is 0 Å². The molecule has 1 heterocycles. The lowest BCUT2D eigenvalue weighted by atomic mass is 10.1. The average molecular weight is 455 g/mol. The third kappa shape index (κ3) is 4.33. The first-order valence-corrected chi connectivity index (χ1v) is 11.5. The van der Waals surface area contributed by atoms with E-state index in [9.17, 15) is 18.0 Å². The van der Waals surface area contributed by atoms with Crippen molar-refractivity contribution in [1.29, 1.82) is 0 Å². The molecule has 0 saturated heterocycles. The first-order chi connectivity index (χ1) is 14.9. The van der Waals surface area contributed by atoms with Crippen LogP contribution in [-0.4, -0.2) is 26.8 Å². The maximum absolute atomic E-state index is 13.4. The molecule has 1 aliphatic heterocycles. The van der Waals surface area contributed by atoms with E-state index in [0.29, 0.717) is 16.3 Å². The molecule has 1 N–H and O–H groups in total. The first kappa shape index (κ1) is 21.1. The summed E-state index contributed by atoms with van der Waals surface area (Å²) in [6, 6.07) is 21.6. The van der Waals surface area contributed by atoms with E-state index in [-0.39, 0.29) is 23.5 Å². The minimum atomic E-state index is -3.85. The molecule has 158 valence electrons. The quantitative estimate of drug-likeness (QED) is 0.639. The minimum Gasteiger partial charge on any atom is -0.324 e. The van der Waals surface area contributed by atoms with Crippen LogP contribution in [0, 0.1) is 0 Å². The second-order valence-corrected chi connectivity index (χ2v) is 9.69. The van der Waals surface area contributed by atoms with Crippen LogP contribution in [0.15, 0.2) is 83.8 Å². The lowest BCUT2D eigenvalue weighted by Gasteiger charge is -2.21. The summed E-state index contributed by atoms with van der Waals surface area (Å²) >= 11 is 5.95. The van der Waals surface area contributed by atoms with E-state index in [1.165, 1.54) is 11.0 Å². The van der Waals surface area contributed by atoms with Gasteiger partial charge in [-0.15, -0.1) is 0 Å². The first-order valence-electron chi connectivity index (χ1n) is 9.60. The van der Waals surface area contributed by atoms with Crippen molar-refractivity contribution in [1.82, 2.24) is 0 Å². The highest BCUT2D eigenvalue weighted by molar-refractivity contribution is 7.92. The van der Waals surface area contributed by atoms with E-state index in [1.54, 1.807) is 72.8 Å². The molecule has 1 unspecified atom stereocenters. The highest BCUT2D eigenvalue weighted by atomic mass is 35.5. The fourth-order valence-corrected chi connectivity index (χ4v) is 5.75. The molecule has 3 aromatic rings. The molecule has 0 saturated carbocycles. The maximum Gasteiger partial charge on any atom is 0.244 e. The Morgan fingerprint density at radius 2 is 1.71 bits per heavy atom. The summed E-state index contributed by atoms with van der Waals surface area (Å²) in [4.78, 5) is 27.1. The van der Waals surface area contributed by atoms with E-state index >= 15 is 0 Å². The number of sulfone groups is 1. The standard InChI is InChI=1S/C23H19ClN2O4S/c24-17-9-6-10-18(13-17)25-22(27)15-26-19-11-4-5-12-20(19)31(29,30)21(14-23(26)28)16-7-2-1-3-8-16/h1-13,21H,14-15H2,(H,25,27). The highest BCUT2D eigenvalue weighted by Gasteiger charge is 2.39. The van der Waals surface area contributed by atoms with Crippen molar-refractivity contribution in [3.8, 4) is 0 Å². The van der Waals surface area contributed by atoms with Crippen molar-refractivity contribution in [3.05, 3.63) is 89.4 Å². The Kier molecular flexibility index (Phi) is 5.80. The van der Waals surface area contributed by atoms with E-state index in [1.807, 2.05) is 0 Å². The molecule has 0 spiro atoms. The zero-order chi connectivity index (χ0) is 22.0. The van der Waals surface area contributed by atoms with Crippen LogP contribution in [0.1, 0.15) is 17.2 Å². The Labute approximate surface area is 185 Å². The summed E-state index contributed by atoms with van der Waals surface area (Å²) in [7, 11) is -3.85. The van der Waals surface area contributed by atoms with Crippen LogP contribution in [0.3, 0.4) is 0 Å². The maximum atomic E-state index is 13.4. The van der Waals surface area contributed by atoms with Crippen LogP contribution in [-0.2, 0) is 19.4 Å². The number of nitrogens with zero attached hydrogens (tertiary/aromatic N) is 1. The summed E-state index contributed by atoms with van der Waals surface area (Å²) in [6.07, 6.45) is -0.258. The van der Waals surface area contributed by atoms with Gasteiger partial charge in [0.25, 0.3) is 0 Å². The van der Waals surface area contributed by atoms with Gasteiger partial charge in [-0.05, 0) is 35.9 Å². The van der Waals surface area contributed by atoms with E-state index < -0.39 is 26.9 Å². The van der Waals surface area contributed by atoms with Crippen LogP contribution < -0.4 is 10.2 Å². The van der Waals surface area contributed by atoms with Crippen molar-refractivity contribution in [2.24, 2.45) is 0 Å². The zero-order valence-electron chi connectivity index (χ0n) is 16.4. The molecule has 0 radical (unpaired) electrons. The number of carbonyl (C=O) groups excluding carboxylic acids is 2. The Balaban J connectivity index is 1.69. The lowest BCUT2D eigenvalue weighted by molar-refractivity contribution is -0.121. The number of hydrogen-bond acceptors (Lipinski definition) is 4. The summed E-state index contributed by atoms with van der Waals surface area (Å²) in [5.74, 6) is -0.899. The van der Waals surface area contributed by atoms with Crippen LogP contribution >= 0.6 is 11.6 Å². The number of hydrogen-bond donors (Lipinski definition) is 1. The van der Waals surface area contributed by atoms with Crippen molar-refractivity contribution in [2.75, 3.05) is 16.8 Å². The van der Waals surface area contributed by atoms with Crippen LogP contribution in [0.25, 0.3) is 0 Å². The van der Waals surface area contributed by atoms with Gasteiger partial charge in [0.2, 0.25) is 11.8 Å². The molecule has 3 aromatic carbocycles. The molecule has 6 nitrogen and oxygen atoms in total. The number of halogens is 1. The third-order valence-corrected chi connectivity index (χ3v) is 7.46. The number of para-hydroxylation sites is 1. The van der Waals surface area contributed by atoms with Crippen molar-refractivity contribution < 1.29 is 18.0 Å². The molecule has 0 fully saturated rings. The molecule has 0 aliphatic carbocycles. The van der Waals surface area contributed by atoms with E-state index in [0.717, 1.165) is 0 Å². The Hall–Kier alpha value is -3.16. The van der Waals surface area contributed by atoms with Crippen molar-refractivity contribution in [2.45, 2.75) is 16.6 Å². The van der Waals surface area contributed by atoms with Gasteiger partial charge in [-0.2, -0.15) is 0 Å². The van der Waals surface area contributed by atoms with Gasteiger partial charge in [0, 0.05) is 17.1 Å². The molecule has 0 bridgehead atoms. The summed E-state index contributed by atoms with van der Waals surface area (Å²) in [5.41, 5.74) is 1.23. The number of carbonyl (C=O) groups is 2. The van der Waals surface area contributed by atoms with Gasteiger partial charge in [-0.25, -0.2) is 8.42 Å². The molecule has 1 aliphatic rings. The fraction of sp³-hybridized carbons (Fsp3) is 0.130. The summed E-state index contributed by atoms with van der Waals surface area (Å²) in [5, 5.41) is 2.14. The van der Waals surface area contributed by atoms with Crippen LogP contribution in [0.4, 0.5) is 11.4 Å². The number of fused-ring (bicyclic) bond motifs is 1. The Bertz CT molecular complexity index is 1250. The monoisotopic (exact) mass is 454 g/mol. The number of amides is 2. The van der Waals surface area contributed by atoms with E-state index in [2.05, 4.69) is 5.32 Å². The highest BCUT2D eigenvalue weighted by Crippen LogP contribution is 2.40. The number of anilines is 2. The van der Waals surface area contributed by atoms with Gasteiger partial charge in [0.15, 0.2) is 9.84 Å². The second-order valence-electron chi connectivity index (χ2n) is 7.15. The van der Waals surface area contributed by atoms with Crippen LogP contribution in [0.5, 0.6) is 0 Å². The predicted molar refractivity (Wildman–Crippen MR) is 120 cm³/mol. The largest absolute Gasteiger partial charge is 0.324 e.